The first-order valence-corrected chi connectivity index (χ1v) is 3.54. The summed E-state index contributed by atoms with van der Waals surface area (Å²) >= 11 is 0. The molecule has 1 aromatic rings. The van der Waals surface area contributed by atoms with Crippen LogP contribution in [0.5, 0.6) is 0 Å². The largest absolute Gasteiger partial charge is 0.394 e. The maximum Gasteiger partial charge on any atom is 0.243 e. The summed E-state index contributed by atoms with van der Waals surface area (Å²) in [7, 11) is 0. The lowest BCUT2D eigenvalue weighted by atomic mass is 10.3. The van der Waals surface area contributed by atoms with Crippen LogP contribution in [-0.4, -0.2) is 28.6 Å². The Morgan fingerprint density at radius 1 is 1.83 bits per heavy atom. The first-order valence-electron chi connectivity index (χ1n) is 3.54. The minimum Gasteiger partial charge on any atom is -0.394 e. The predicted molar refractivity (Wildman–Crippen MR) is 44.5 cm³/mol. The van der Waals surface area contributed by atoms with E-state index in [-0.39, 0.29) is 6.61 Å². The molecule has 0 radical (unpaired) electrons. The van der Waals surface area contributed by atoms with Crippen LogP contribution < -0.4 is 11.1 Å². The van der Waals surface area contributed by atoms with E-state index in [2.05, 4.69) is 10.3 Å². The smallest absolute Gasteiger partial charge is 0.243 e. The van der Waals surface area contributed by atoms with E-state index >= 15 is 0 Å². The minimum atomic E-state index is -0.861. The summed E-state index contributed by atoms with van der Waals surface area (Å²) in [5, 5.41) is 11.1. The summed E-state index contributed by atoms with van der Waals surface area (Å²) in [6.45, 7) is -0.351. The summed E-state index contributed by atoms with van der Waals surface area (Å²) in [6, 6.07) is 0.835. The molecule has 1 aromatic heterocycles. The highest BCUT2D eigenvalue weighted by atomic mass is 16.3. The lowest BCUT2D eigenvalue weighted by Crippen LogP contribution is -2.38. The van der Waals surface area contributed by atoms with Crippen molar-refractivity contribution in [3.63, 3.8) is 0 Å². The summed E-state index contributed by atoms with van der Waals surface area (Å²) in [5.41, 5.74) is 5.90. The van der Waals surface area contributed by atoms with Crippen LogP contribution in [-0.2, 0) is 4.79 Å². The highest BCUT2D eigenvalue weighted by molar-refractivity contribution is 5.94. The Labute approximate surface area is 69.6 Å². The van der Waals surface area contributed by atoms with Crippen LogP contribution in [0.1, 0.15) is 0 Å². The van der Waals surface area contributed by atoms with Crippen molar-refractivity contribution in [3.8, 4) is 0 Å². The van der Waals surface area contributed by atoms with Gasteiger partial charge in [0.25, 0.3) is 0 Å². The number of aliphatic hydroxyl groups excluding tert-OH is 1. The number of aliphatic hydroxyl groups is 1. The Morgan fingerprint density at radius 2 is 2.58 bits per heavy atom. The third-order valence-corrected chi connectivity index (χ3v) is 1.40. The van der Waals surface area contributed by atoms with E-state index in [4.69, 9.17) is 10.8 Å². The van der Waals surface area contributed by atoms with E-state index in [1.54, 1.807) is 18.5 Å². The Bertz CT molecular complexity index is 245. The Balaban J connectivity index is 2.47. The number of hydrogen-bond acceptors (Lipinski definition) is 3. The summed E-state index contributed by atoms with van der Waals surface area (Å²) in [5.74, 6) is -0.392. The second-order valence-corrected chi connectivity index (χ2v) is 2.38. The molecule has 1 atom stereocenters. The number of aromatic nitrogens is 1. The van der Waals surface area contributed by atoms with Crippen molar-refractivity contribution in [1.82, 2.24) is 4.98 Å². The van der Waals surface area contributed by atoms with E-state index in [1.807, 2.05) is 0 Å². The van der Waals surface area contributed by atoms with Crippen LogP contribution in [0.15, 0.2) is 18.5 Å². The highest BCUT2D eigenvalue weighted by Gasteiger charge is 2.11. The van der Waals surface area contributed by atoms with Gasteiger partial charge in [0.15, 0.2) is 0 Å². The third-order valence-electron chi connectivity index (χ3n) is 1.40. The first-order chi connectivity index (χ1) is 5.74. The molecular formula is C7H11N3O2. The van der Waals surface area contributed by atoms with Gasteiger partial charge in [-0.1, -0.05) is 0 Å². The van der Waals surface area contributed by atoms with Crippen molar-refractivity contribution < 1.29 is 9.90 Å². The monoisotopic (exact) mass is 169 g/mol. The zero-order chi connectivity index (χ0) is 8.97. The molecule has 12 heavy (non-hydrogen) atoms. The first kappa shape index (κ1) is 8.76. The van der Waals surface area contributed by atoms with Gasteiger partial charge in [-0.3, -0.25) is 4.79 Å². The average Bonchev–Trinajstić information content (AvgIpc) is 2.55. The molecule has 5 heteroatoms. The van der Waals surface area contributed by atoms with Gasteiger partial charge in [0.2, 0.25) is 5.91 Å². The molecule has 0 bridgehead atoms. The molecule has 0 saturated carbocycles. The van der Waals surface area contributed by atoms with E-state index in [9.17, 15) is 4.79 Å². The fraction of sp³-hybridized carbons (Fsp3) is 0.286. The zero-order valence-electron chi connectivity index (χ0n) is 6.45. The van der Waals surface area contributed by atoms with Gasteiger partial charge in [-0.2, -0.15) is 0 Å². The SMILES string of the molecule is NC(CO)C(=O)Nc1cc[nH]c1. The van der Waals surface area contributed by atoms with Crippen LogP contribution in [0.25, 0.3) is 0 Å². The third kappa shape index (κ3) is 2.08. The van der Waals surface area contributed by atoms with E-state index in [1.165, 1.54) is 0 Å². The molecule has 5 N–H and O–H groups in total. The molecule has 1 unspecified atom stereocenters. The molecule has 66 valence electrons. The lowest BCUT2D eigenvalue weighted by Gasteiger charge is -2.06. The van der Waals surface area contributed by atoms with Gasteiger partial charge in [-0.25, -0.2) is 0 Å². The second kappa shape index (κ2) is 3.89. The molecule has 0 aliphatic rings. The normalized spacial score (nSPS) is 12.5. The maximum absolute atomic E-state index is 11.0. The van der Waals surface area contributed by atoms with Crippen molar-refractivity contribution in [2.45, 2.75) is 6.04 Å². The van der Waals surface area contributed by atoms with Gasteiger partial charge in [0.05, 0.1) is 12.3 Å². The number of hydrogen-bond donors (Lipinski definition) is 4. The van der Waals surface area contributed by atoms with Crippen molar-refractivity contribution in [3.05, 3.63) is 18.5 Å². The number of H-pyrrole nitrogens is 1. The minimum absolute atomic E-state index is 0.351. The lowest BCUT2D eigenvalue weighted by molar-refractivity contribution is -0.118. The zero-order valence-corrected chi connectivity index (χ0v) is 6.45. The number of carbonyl (C=O) groups excluding carboxylic acids is 1. The number of nitrogens with two attached hydrogens (primary N) is 1. The fourth-order valence-corrected chi connectivity index (χ4v) is 0.720. The van der Waals surface area contributed by atoms with Crippen molar-refractivity contribution in [2.75, 3.05) is 11.9 Å². The molecule has 0 aromatic carbocycles. The van der Waals surface area contributed by atoms with Gasteiger partial charge >= 0.3 is 0 Å². The van der Waals surface area contributed by atoms with Gasteiger partial charge in [-0.15, -0.1) is 0 Å². The average molecular weight is 169 g/mol. The molecular weight excluding hydrogens is 158 g/mol. The van der Waals surface area contributed by atoms with E-state index in [0.717, 1.165) is 0 Å². The van der Waals surface area contributed by atoms with Crippen LogP contribution in [0.3, 0.4) is 0 Å². The Kier molecular flexibility index (Phi) is 2.84. The Hall–Kier alpha value is -1.33. The van der Waals surface area contributed by atoms with Gasteiger partial charge in [0.1, 0.15) is 6.04 Å². The molecule has 1 heterocycles. The van der Waals surface area contributed by atoms with Crippen molar-refractivity contribution in [1.29, 1.82) is 0 Å². The molecule has 0 aliphatic carbocycles. The van der Waals surface area contributed by atoms with Gasteiger partial charge in [-0.05, 0) is 6.07 Å². The summed E-state index contributed by atoms with van der Waals surface area (Å²) < 4.78 is 0. The highest BCUT2D eigenvalue weighted by Crippen LogP contribution is 2.03. The summed E-state index contributed by atoms with van der Waals surface area (Å²) in [6.07, 6.45) is 3.31. The molecule has 0 aliphatic heterocycles. The molecule has 0 saturated heterocycles. The quantitative estimate of drug-likeness (QED) is 0.481. The van der Waals surface area contributed by atoms with Gasteiger partial charge in [0, 0.05) is 12.4 Å². The van der Waals surface area contributed by atoms with E-state index < -0.39 is 11.9 Å². The molecule has 1 rings (SSSR count). The second-order valence-electron chi connectivity index (χ2n) is 2.38. The molecule has 0 fully saturated rings. The fourth-order valence-electron chi connectivity index (χ4n) is 0.720. The van der Waals surface area contributed by atoms with Crippen LogP contribution in [0, 0.1) is 0 Å². The molecule has 1 amide bonds. The van der Waals surface area contributed by atoms with Crippen LogP contribution in [0.4, 0.5) is 5.69 Å². The van der Waals surface area contributed by atoms with Crippen LogP contribution >= 0.6 is 0 Å². The summed E-state index contributed by atoms with van der Waals surface area (Å²) in [4.78, 5) is 13.8. The number of anilines is 1. The molecule has 5 nitrogen and oxygen atoms in total. The number of rotatable bonds is 3. The van der Waals surface area contributed by atoms with Gasteiger partial charge < -0.3 is 21.1 Å². The number of amides is 1. The predicted octanol–water partition coefficient (Wildman–Crippen LogP) is -0.727. The Morgan fingerprint density at radius 3 is 3.08 bits per heavy atom. The number of carbonyl (C=O) groups is 1. The molecule has 0 spiro atoms. The van der Waals surface area contributed by atoms with Crippen molar-refractivity contribution >= 4 is 11.6 Å². The number of aromatic amines is 1. The topological polar surface area (TPSA) is 91.1 Å². The maximum atomic E-state index is 11.0. The van der Waals surface area contributed by atoms with Crippen molar-refractivity contribution in [2.24, 2.45) is 5.73 Å². The van der Waals surface area contributed by atoms with Crippen LogP contribution in [0.2, 0.25) is 0 Å². The standard InChI is InChI=1S/C7H11N3O2/c8-6(4-11)7(12)10-5-1-2-9-3-5/h1-3,6,9,11H,4,8H2,(H,10,12). The van der Waals surface area contributed by atoms with E-state index in [0.29, 0.717) is 5.69 Å². The number of nitrogens with one attached hydrogen (secondary N) is 2.